The van der Waals surface area contributed by atoms with Crippen LogP contribution in [0.1, 0.15) is 30.5 Å². The number of ether oxygens (including phenoxy) is 1. The molecule has 0 heterocycles. The van der Waals surface area contributed by atoms with Gasteiger partial charge in [0.25, 0.3) is 5.91 Å². The van der Waals surface area contributed by atoms with E-state index in [1.165, 1.54) is 6.07 Å². The third-order valence-electron chi connectivity index (χ3n) is 5.27. The molecule has 0 aliphatic carbocycles. The van der Waals surface area contributed by atoms with Crippen molar-refractivity contribution in [1.29, 1.82) is 0 Å². The zero-order chi connectivity index (χ0) is 24.6. The minimum absolute atomic E-state index is 0.141. The summed E-state index contributed by atoms with van der Waals surface area (Å²) in [5.41, 5.74) is 2.72. The molecule has 0 saturated heterocycles. The summed E-state index contributed by atoms with van der Waals surface area (Å²) >= 11 is 0. The summed E-state index contributed by atoms with van der Waals surface area (Å²) in [6, 6.07) is 24.3. The highest BCUT2D eigenvalue weighted by Gasteiger charge is 2.18. The molecule has 1 amide bonds. The molecule has 3 aromatic rings. The Morgan fingerprint density at radius 3 is 1.97 bits per heavy atom. The van der Waals surface area contributed by atoms with Crippen LogP contribution in [0.25, 0.3) is 0 Å². The number of nitrogens with one attached hydrogen (secondary N) is 1. The maximum atomic E-state index is 13.1. The first-order valence-electron chi connectivity index (χ1n) is 11.3. The van der Waals surface area contributed by atoms with Crippen LogP contribution in [0.15, 0.2) is 83.8 Å². The number of nitrogens with zero attached hydrogens (tertiary/aromatic N) is 1. The summed E-state index contributed by atoms with van der Waals surface area (Å²) in [7, 11) is -3.59. The Kier molecular flexibility index (Phi) is 8.85. The van der Waals surface area contributed by atoms with Crippen LogP contribution in [0.5, 0.6) is 5.75 Å². The molecule has 7 heteroatoms. The molecule has 0 fully saturated rings. The van der Waals surface area contributed by atoms with Crippen molar-refractivity contribution in [3.63, 3.8) is 0 Å². The standard InChI is InChI=1S/C27H32N2O4S/c1-21(2)17-28-34(31,32)25-14-15-26(22(3)16-25)33-20-27(30)29(18-23-10-6-4-7-11-23)19-24-12-8-5-9-13-24/h4-16,21,28H,17-20H2,1-3H3. The van der Waals surface area contributed by atoms with Crippen molar-refractivity contribution in [2.75, 3.05) is 13.2 Å². The number of benzene rings is 3. The van der Waals surface area contributed by atoms with E-state index in [-0.39, 0.29) is 23.3 Å². The van der Waals surface area contributed by atoms with Crippen LogP contribution in [0.3, 0.4) is 0 Å². The van der Waals surface area contributed by atoms with Crippen molar-refractivity contribution >= 4 is 15.9 Å². The van der Waals surface area contributed by atoms with E-state index < -0.39 is 10.0 Å². The van der Waals surface area contributed by atoms with Crippen LogP contribution < -0.4 is 9.46 Å². The fraction of sp³-hybridized carbons (Fsp3) is 0.296. The van der Waals surface area contributed by atoms with Crippen LogP contribution in [0.4, 0.5) is 0 Å². The van der Waals surface area contributed by atoms with Crippen molar-refractivity contribution in [2.45, 2.75) is 38.8 Å². The summed E-state index contributed by atoms with van der Waals surface area (Å²) < 4.78 is 33.4. The van der Waals surface area contributed by atoms with Gasteiger partial charge in [0.05, 0.1) is 4.90 Å². The molecule has 0 unspecified atom stereocenters. The quantitative estimate of drug-likeness (QED) is 0.437. The number of carbonyl (C=O) groups is 1. The van der Waals surface area contributed by atoms with Crippen LogP contribution in [0.2, 0.25) is 0 Å². The van der Waals surface area contributed by atoms with Crippen molar-refractivity contribution in [1.82, 2.24) is 9.62 Å². The highest BCUT2D eigenvalue weighted by atomic mass is 32.2. The van der Waals surface area contributed by atoms with E-state index in [9.17, 15) is 13.2 Å². The molecule has 0 aliphatic heterocycles. The Labute approximate surface area is 202 Å². The van der Waals surface area contributed by atoms with Gasteiger partial charge in [-0.25, -0.2) is 13.1 Å². The van der Waals surface area contributed by atoms with E-state index in [1.54, 1.807) is 24.0 Å². The monoisotopic (exact) mass is 480 g/mol. The van der Waals surface area contributed by atoms with Gasteiger partial charge in [0.2, 0.25) is 10.0 Å². The van der Waals surface area contributed by atoms with Gasteiger partial charge in [-0.1, -0.05) is 74.5 Å². The molecule has 3 aromatic carbocycles. The number of hydrogen-bond acceptors (Lipinski definition) is 4. The molecule has 180 valence electrons. The zero-order valence-electron chi connectivity index (χ0n) is 19.9. The average Bonchev–Trinajstić information content (AvgIpc) is 2.82. The van der Waals surface area contributed by atoms with Gasteiger partial charge in [-0.3, -0.25) is 4.79 Å². The van der Waals surface area contributed by atoms with Crippen LogP contribution >= 0.6 is 0 Å². The van der Waals surface area contributed by atoms with Crippen LogP contribution in [0, 0.1) is 12.8 Å². The number of hydrogen-bond donors (Lipinski definition) is 1. The number of aryl methyl sites for hydroxylation is 1. The predicted molar refractivity (Wildman–Crippen MR) is 134 cm³/mol. The van der Waals surface area contributed by atoms with Gasteiger partial charge >= 0.3 is 0 Å². The van der Waals surface area contributed by atoms with E-state index in [0.29, 0.717) is 30.9 Å². The van der Waals surface area contributed by atoms with E-state index in [1.807, 2.05) is 74.5 Å². The third-order valence-corrected chi connectivity index (χ3v) is 6.70. The molecule has 0 spiro atoms. The molecule has 0 aromatic heterocycles. The maximum absolute atomic E-state index is 13.1. The second kappa shape index (κ2) is 11.8. The van der Waals surface area contributed by atoms with Gasteiger partial charge in [-0.05, 0) is 47.7 Å². The van der Waals surface area contributed by atoms with E-state index >= 15 is 0 Å². The second-order valence-corrected chi connectivity index (χ2v) is 10.4. The smallest absolute Gasteiger partial charge is 0.261 e. The lowest BCUT2D eigenvalue weighted by atomic mass is 10.1. The number of carbonyl (C=O) groups excluding carboxylic acids is 1. The van der Waals surface area contributed by atoms with Crippen LogP contribution in [-0.4, -0.2) is 32.4 Å². The highest BCUT2D eigenvalue weighted by molar-refractivity contribution is 7.89. The predicted octanol–water partition coefficient (Wildman–Crippen LogP) is 4.54. The summed E-state index contributed by atoms with van der Waals surface area (Å²) in [5.74, 6) is 0.539. The molecule has 6 nitrogen and oxygen atoms in total. The summed E-state index contributed by atoms with van der Waals surface area (Å²) in [4.78, 5) is 15.0. The lowest BCUT2D eigenvalue weighted by Crippen LogP contribution is -2.34. The molecule has 0 saturated carbocycles. The van der Waals surface area contributed by atoms with Gasteiger partial charge in [0.1, 0.15) is 5.75 Å². The molecule has 3 rings (SSSR count). The van der Waals surface area contributed by atoms with Gasteiger partial charge in [0.15, 0.2) is 6.61 Å². The summed E-state index contributed by atoms with van der Waals surface area (Å²) in [5, 5.41) is 0. The van der Waals surface area contributed by atoms with E-state index in [0.717, 1.165) is 11.1 Å². The molecular weight excluding hydrogens is 448 g/mol. The first-order chi connectivity index (χ1) is 16.2. The first kappa shape index (κ1) is 25.5. The van der Waals surface area contributed by atoms with E-state index in [4.69, 9.17) is 4.74 Å². The second-order valence-electron chi connectivity index (χ2n) is 8.68. The Morgan fingerprint density at radius 1 is 0.912 bits per heavy atom. The molecule has 0 bridgehead atoms. The van der Waals surface area contributed by atoms with E-state index in [2.05, 4.69) is 4.72 Å². The molecular formula is C27H32N2O4S. The Balaban J connectivity index is 1.69. The topological polar surface area (TPSA) is 75.7 Å². The zero-order valence-corrected chi connectivity index (χ0v) is 20.7. The van der Waals surface area contributed by atoms with Crippen molar-refractivity contribution in [3.8, 4) is 5.75 Å². The fourth-order valence-electron chi connectivity index (χ4n) is 3.38. The minimum atomic E-state index is -3.59. The fourth-order valence-corrected chi connectivity index (χ4v) is 4.68. The van der Waals surface area contributed by atoms with Gasteiger partial charge in [-0.15, -0.1) is 0 Å². The SMILES string of the molecule is Cc1cc(S(=O)(=O)NCC(C)C)ccc1OCC(=O)N(Cc1ccccc1)Cc1ccccc1. The molecule has 0 atom stereocenters. The summed E-state index contributed by atoms with van der Waals surface area (Å²) in [6.07, 6.45) is 0. The third kappa shape index (κ3) is 7.43. The average molecular weight is 481 g/mol. The molecule has 1 N–H and O–H groups in total. The number of sulfonamides is 1. The van der Waals surface area contributed by atoms with Crippen molar-refractivity contribution in [2.24, 2.45) is 5.92 Å². The van der Waals surface area contributed by atoms with Crippen molar-refractivity contribution < 1.29 is 17.9 Å². The maximum Gasteiger partial charge on any atom is 0.261 e. The minimum Gasteiger partial charge on any atom is -0.483 e. The molecule has 0 aliphatic rings. The highest BCUT2D eigenvalue weighted by Crippen LogP contribution is 2.22. The molecule has 0 radical (unpaired) electrons. The van der Waals surface area contributed by atoms with Gasteiger partial charge in [0, 0.05) is 19.6 Å². The Hall–Kier alpha value is -3.16. The lowest BCUT2D eigenvalue weighted by Gasteiger charge is -2.23. The Morgan fingerprint density at radius 2 is 1.47 bits per heavy atom. The van der Waals surface area contributed by atoms with Gasteiger partial charge < -0.3 is 9.64 Å². The van der Waals surface area contributed by atoms with Crippen molar-refractivity contribution in [3.05, 3.63) is 95.6 Å². The summed E-state index contributed by atoms with van der Waals surface area (Å²) in [6.45, 7) is 6.82. The largest absolute Gasteiger partial charge is 0.483 e. The van der Waals surface area contributed by atoms with Crippen LogP contribution in [-0.2, 0) is 27.9 Å². The Bertz CT molecular complexity index is 1140. The first-order valence-corrected chi connectivity index (χ1v) is 12.8. The number of rotatable bonds is 11. The molecule has 34 heavy (non-hydrogen) atoms. The number of amides is 1. The lowest BCUT2D eigenvalue weighted by molar-refractivity contribution is -0.134. The normalized spacial score (nSPS) is 11.4. The van der Waals surface area contributed by atoms with Gasteiger partial charge in [-0.2, -0.15) is 0 Å².